The fourth-order valence-electron chi connectivity index (χ4n) is 1.87. The molecule has 0 amide bonds. The summed E-state index contributed by atoms with van der Waals surface area (Å²) >= 11 is 4.86. The number of aromatic nitrogens is 3. The maximum absolute atomic E-state index is 5.99. The van der Waals surface area contributed by atoms with Crippen molar-refractivity contribution in [1.29, 1.82) is 0 Å². The minimum Gasteiger partial charge on any atom is -0.398 e. The Morgan fingerprint density at radius 1 is 1.25 bits per heavy atom. The van der Waals surface area contributed by atoms with Crippen molar-refractivity contribution in [2.45, 2.75) is 38.9 Å². The molecule has 2 aromatic heterocycles. The number of imidazole rings is 1. The van der Waals surface area contributed by atoms with Crippen LogP contribution in [-0.2, 0) is 9.31 Å². The monoisotopic (exact) mass is 355 g/mol. The summed E-state index contributed by atoms with van der Waals surface area (Å²) in [5.74, 6) is 0. The Kier molecular flexibility index (Phi) is 3.32. The number of hydrogen-bond acceptors (Lipinski definition) is 5. The summed E-state index contributed by atoms with van der Waals surface area (Å²) in [4.78, 5) is 8.71. The van der Waals surface area contributed by atoms with Gasteiger partial charge in [0.15, 0.2) is 5.13 Å². The van der Waals surface area contributed by atoms with Crippen LogP contribution < -0.4 is 5.59 Å². The Hall–Kier alpha value is -0.695. The first-order valence-electron chi connectivity index (χ1n) is 6.29. The molecule has 20 heavy (non-hydrogen) atoms. The van der Waals surface area contributed by atoms with Crippen LogP contribution in [-0.4, -0.2) is 32.9 Å². The lowest BCUT2D eigenvalue weighted by Gasteiger charge is -2.32. The van der Waals surface area contributed by atoms with Crippen LogP contribution in [0.4, 0.5) is 0 Å². The van der Waals surface area contributed by atoms with Crippen molar-refractivity contribution < 1.29 is 9.31 Å². The zero-order valence-electron chi connectivity index (χ0n) is 11.8. The Balaban J connectivity index is 1.85. The third-order valence-electron chi connectivity index (χ3n) is 3.78. The summed E-state index contributed by atoms with van der Waals surface area (Å²) in [5.41, 5.74) is 0.104. The summed E-state index contributed by atoms with van der Waals surface area (Å²) in [5, 5.41) is 2.80. The molecular weight excluding hydrogens is 341 g/mol. The van der Waals surface area contributed by atoms with Gasteiger partial charge in [-0.25, -0.2) is 9.97 Å². The zero-order chi connectivity index (χ0) is 14.5. The molecule has 0 bridgehead atoms. The van der Waals surface area contributed by atoms with Gasteiger partial charge in [0, 0.05) is 11.6 Å². The predicted octanol–water partition coefficient (Wildman–Crippen LogP) is 2.39. The molecule has 0 aromatic carbocycles. The van der Waals surface area contributed by atoms with Gasteiger partial charge in [-0.05, 0) is 43.6 Å². The molecule has 3 rings (SSSR count). The van der Waals surface area contributed by atoms with E-state index in [1.165, 1.54) is 11.3 Å². The molecule has 5 nitrogen and oxygen atoms in total. The fraction of sp³-hybridized carbons (Fsp3) is 0.500. The number of halogens is 1. The van der Waals surface area contributed by atoms with Gasteiger partial charge in [0.25, 0.3) is 0 Å². The molecule has 0 saturated carbocycles. The summed E-state index contributed by atoms with van der Waals surface area (Å²) in [6, 6.07) is 0. The molecule has 0 N–H and O–H groups in total. The highest BCUT2D eigenvalue weighted by Crippen LogP contribution is 2.36. The number of rotatable bonds is 2. The van der Waals surface area contributed by atoms with Crippen molar-refractivity contribution in [3.05, 3.63) is 22.5 Å². The van der Waals surface area contributed by atoms with Gasteiger partial charge in [-0.3, -0.25) is 4.57 Å². The van der Waals surface area contributed by atoms with Crippen molar-refractivity contribution in [2.24, 2.45) is 0 Å². The first kappa shape index (κ1) is 14.3. The molecule has 0 aliphatic carbocycles. The van der Waals surface area contributed by atoms with Crippen molar-refractivity contribution in [3.63, 3.8) is 0 Å². The molecule has 0 spiro atoms. The van der Waals surface area contributed by atoms with E-state index in [4.69, 9.17) is 9.31 Å². The van der Waals surface area contributed by atoms with E-state index in [9.17, 15) is 0 Å². The third-order valence-corrected chi connectivity index (χ3v) is 5.06. The Morgan fingerprint density at radius 2 is 1.90 bits per heavy atom. The molecule has 0 atom stereocenters. The topological polar surface area (TPSA) is 49.2 Å². The van der Waals surface area contributed by atoms with Gasteiger partial charge in [-0.15, -0.1) is 11.3 Å². The predicted molar refractivity (Wildman–Crippen MR) is 82.7 cm³/mol. The Bertz CT molecular complexity index is 624. The number of nitrogens with zero attached hydrogens (tertiary/aromatic N) is 3. The van der Waals surface area contributed by atoms with Gasteiger partial charge in [-0.2, -0.15) is 0 Å². The number of hydrogen-bond donors (Lipinski definition) is 0. The minimum atomic E-state index is -0.419. The average Bonchev–Trinajstić information content (AvgIpc) is 2.98. The van der Waals surface area contributed by atoms with Crippen LogP contribution in [0.25, 0.3) is 5.13 Å². The molecule has 3 heterocycles. The van der Waals surface area contributed by atoms with Crippen LogP contribution in [0, 0.1) is 0 Å². The van der Waals surface area contributed by atoms with Gasteiger partial charge in [0.1, 0.15) is 10.9 Å². The summed E-state index contributed by atoms with van der Waals surface area (Å²) in [7, 11) is -0.419. The first-order valence-corrected chi connectivity index (χ1v) is 7.97. The molecule has 8 heteroatoms. The second-order valence-corrected chi connectivity index (χ2v) is 7.40. The molecule has 2 aromatic rings. The van der Waals surface area contributed by atoms with Gasteiger partial charge in [-0.1, -0.05) is 0 Å². The molecule has 0 unspecified atom stereocenters. The largest absolute Gasteiger partial charge is 0.515 e. The maximum atomic E-state index is 5.99. The SMILES string of the molecule is CC1(C)OB(c2csc(-n3cnc(Br)c3)n2)OC1(C)C. The van der Waals surface area contributed by atoms with E-state index >= 15 is 0 Å². The molecule has 1 fully saturated rings. The van der Waals surface area contributed by atoms with E-state index in [0.29, 0.717) is 0 Å². The molecule has 1 aliphatic heterocycles. The first-order chi connectivity index (χ1) is 9.28. The van der Waals surface area contributed by atoms with Crippen molar-refractivity contribution in [2.75, 3.05) is 0 Å². The van der Waals surface area contributed by atoms with E-state index in [2.05, 4.69) is 25.9 Å². The van der Waals surface area contributed by atoms with Crippen LogP contribution in [0.3, 0.4) is 0 Å². The second-order valence-electron chi connectivity index (χ2n) is 5.75. The van der Waals surface area contributed by atoms with Gasteiger partial charge in [0.05, 0.1) is 16.8 Å². The third kappa shape index (κ3) is 2.34. The lowest BCUT2D eigenvalue weighted by atomic mass is 9.86. The van der Waals surface area contributed by atoms with Crippen LogP contribution in [0.2, 0.25) is 0 Å². The number of thiazole rings is 1. The highest BCUT2D eigenvalue weighted by molar-refractivity contribution is 9.10. The van der Waals surface area contributed by atoms with Crippen LogP contribution in [0.15, 0.2) is 22.5 Å². The standard InChI is InChI=1S/C12H15BBrN3O2S/c1-11(2)12(3,4)19-13(18-11)8-6-20-10(16-8)17-5-9(14)15-7-17/h5-7H,1-4H3. The summed E-state index contributed by atoms with van der Waals surface area (Å²) < 4.78 is 14.6. The smallest absolute Gasteiger partial charge is 0.398 e. The zero-order valence-corrected chi connectivity index (χ0v) is 14.2. The van der Waals surface area contributed by atoms with Crippen molar-refractivity contribution in [3.8, 4) is 5.13 Å². The Labute approximate surface area is 130 Å². The quantitative estimate of drug-likeness (QED) is 0.776. The van der Waals surface area contributed by atoms with Gasteiger partial charge >= 0.3 is 7.12 Å². The average molecular weight is 356 g/mol. The summed E-state index contributed by atoms with van der Waals surface area (Å²) in [6.45, 7) is 8.14. The lowest BCUT2D eigenvalue weighted by Crippen LogP contribution is -2.41. The second kappa shape index (κ2) is 4.66. The van der Waals surface area contributed by atoms with E-state index in [1.54, 1.807) is 6.33 Å². The van der Waals surface area contributed by atoms with E-state index < -0.39 is 7.12 Å². The van der Waals surface area contributed by atoms with E-state index in [-0.39, 0.29) is 11.2 Å². The van der Waals surface area contributed by atoms with Crippen molar-refractivity contribution in [1.82, 2.24) is 14.5 Å². The fourth-order valence-corrected chi connectivity index (χ4v) is 2.95. The highest BCUT2D eigenvalue weighted by atomic mass is 79.9. The Morgan fingerprint density at radius 3 is 2.45 bits per heavy atom. The molecular formula is C12H15BBrN3O2S. The maximum Gasteiger partial charge on any atom is 0.515 e. The van der Waals surface area contributed by atoms with Crippen LogP contribution >= 0.6 is 27.3 Å². The molecule has 106 valence electrons. The molecule has 0 radical (unpaired) electrons. The van der Waals surface area contributed by atoms with Gasteiger partial charge in [0.2, 0.25) is 0 Å². The summed E-state index contributed by atoms with van der Waals surface area (Å²) in [6.07, 6.45) is 3.59. The van der Waals surface area contributed by atoms with E-state index in [0.717, 1.165) is 15.3 Å². The van der Waals surface area contributed by atoms with E-state index in [1.807, 2.05) is 43.8 Å². The van der Waals surface area contributed by atoms with Gasteiger partial charge < -0.3 is 9.31 Å². The van der Waals surface area contributed by atoms with Crippen molar-refractivity contribution >= 4 is 40.0 Å². The highest BCUT2D eigenvalue weighted by Gasteiger charge is 2.52. The normalized spacial score (nSPS) is 20.6. The minimum absolute atomic E-state index is 0.348. The molecule has 1 saturated heterocycles. The van der Waals surface area contributed by atoms with Crippen LogP contribution in [0.5, 0.6) is 0 Å². The lowest BCUT2D eigenvalue weighted by molar-refractivity contribution is 0.00578. The van der Waals surface area contributed by atoms with Crippen LogP contribution in [0.1, 0.15) is 27.7 Å². The molecule has 1 aliphatic rings.